The maximum Gasteiger partial charge on any atom is 0.266 e. The van der Waals surface area contributed by atoms with E-state index in [4.69, 9.17) is 9.73 Å². The Kier molecular flexibility index (Phi) is 6.87. The van der Waals surface area contributed by atoms with Crippen molar-refractivity contribution < 1.29 is 9.53 Å². The molecule has 1 amide bonds. The van der Waals surface area contributed by atoms with Gasteiger partial charge in [0, 0.05) is 25.4 Å². The zero-order valence-corrected chi connectivity index (χ0v) is 18.1. The first kappa shape index (κ1) is 20.7. The second-order valence-corrected chi connectivity index (χ2v) is 8.29. The Morgan fingerprint density at radius 2 is 1.80 bits per heavy atom. The number of thioether (sulfide) groups is 1. The van der Waals surface area contributed by atoms with Crippen LogP contribution < -0.4 is 4.90 Å². The number of nitrogens with zero attached hydrogens (tertiary/aromatic N) is 3. The Morgan fingerprint density at radius 1 is 1.07 bits per heavy atom. The van der Waals surface area contributed by atoms with Gasteiger partial charge in [-0.25, -0.2) is 4.99 Å². The summed E-state index contributed by atoms with van der Waals surface area (Å²) in [5, 5.41) is 0.700. The van der Waals surface area contributed by atoms with E-state index in [0.29, 0.717) is 29.8 Å². The molecule has 2 saturated heterocycles. The van der Waals surface area contributed by atoms with Gasteiger partial charge in [0.05, 0.1) is 23.7 Å². The van der Waals surface area contributed by atoms with Crippen molar-refractivity contribution in [3.63, 3.8) is 0 Å². The molecule has 0 bridgehead atoms. The molecule has 0 aliphatic carbocycles. The standard InChI is InChI=1S/C24H27N3O2S/c1-2-29-17-16-27-23(28)22(30-24(27)25-20-8-4-3-5-9-20)18-19-10-12-21(13-11-19)26-14-6-7-15-26/h3-5,8-13,18H,2,6-7,14-17H2,1H3/b22-18-,25-24?. The van der Waals surface area contributed by atoms with E-state index in [-0.39, 0.29) is 5.91 Å². The molecule has 30 heavy (non-hydrogen) atoms. The molecule has 0 radical (unpaired) electrons. The third-order valence-electron chi connectivity index (χ3n) is 5.19. The molecule has 0 aromatic heterocycles. The number of amides is 1. The van der Waals surface area contributed by atoms with Crippen LogP contribution in [0.1, 0.15) is 25.3 Å². The predicted octanol–water partition coefficient (Wildman–Crippen LogP) is 4.93. The largest absolute Gasteiger partial charge is 0.380 e. The number of ether oxygens (including phenoxy) is 1. The van der Waals surface area contributed by atoms with Gasteiger partial charge in [0.1, 0.15) is 0 Å². The second-order valence-electron chi connectivity index (χ2n) is 7.28. The average Bonchev–Trinajstić information content (AvgIpc) is 3.40. The lowest BCUT2D eigenvalue weighted by Gasteiger charge is -2.17. The smallest absolute Gasteiger partial charge is 0.266 e. The summed E-state index contributed by atoms with van der Waals surface area (Å²) >= 11 is 1.43. The number of hydrogen-bond donors (Lipinski definition) is 0. The zero-order chi connectivity index (χ0) is 20.8. The topological polar surface area (TPSA) is 45.1 Å². The van der Waals surface area contributed by atoms with Gasteiger partial charge >= 0.3 is 0 Å². The quantitative estimate of drug-likeness (QED) is 0.470. The van der Waals surface area contributed by atoms with Crippen LogP contribution in [0.25, 0.3) is 6.08 Å². The molecule has 0 saturated carbocycles. The SMILES string of the molecule is CCOCCN1C(=O)/C(=C/c2ccc(N3CCCC3)cc2)SC1=Nc1ccccc1. The third kappa shape index (κ3) is 4.94. The van der Waals surface area contributed by atoms with Gasteiger partial charge in [0.2, 0.25) is 0 Å². The molecule has 0 N–H and O–H groups in total. The van der Waals surface area contributed by atoms with E-state index in [1.807, 2.05) is 43.3 Å². The van der Waals surface area contributed by atoms with Gasteiger partial charge in [-0.15, -0.1) is 0 Å². The van der Waals surface area contributed by atoms with Crippen molar-refractivity contribution in [2.75, 3.05) is 37.7 Å². The minimum Gasteiger partial charge on any atom is -0.380 e. The molecule has 2 aromatic rings. The van der Waals surface area contributed by atoms with E-state index in [2.05, 4.69) is 29.2 Å². The Balaban J connectivity index is 1.55. The fourth-order valence-corrected chi connectivity index (χ4v) is 4.63. The van der Waals surface area contributed by atoms with Crippen molar-refractivity contribution in [2.45, 2.75) is 19.8 Å². The van der Waals surface area contributed by atoms with Crippen molar-refractivity contribution >= 4 is 40.3 Å². The maximum absolute atomic E-state index is 13.1. The number of amidine groups is 1. The molecule has 2 fully saturated rings. The molecule has 2 aliphatic heterocycles. The fraction of sp³-hybridized carbons (Fsp3) is 0.333. The summed E-state index contributed by atoms with van der Waals surface area (Å²) in [4.78, 5) is 22.6. The number of anilines is 1. The summed E-state index contributed by atoms with van der Waals surface area (Å²) in [5.74, 6) is -0.0157. The minimum absolute atomic E-state index is 0.0157. The summed E-state index contributed by atoms with van der Waals surface area (Å²) in [6, 6.07) is 18.2. The van der Waals surface area contributed by atoms with Gasteiger partial charge < -0.3 is 9.64 Å². The van der Waals surface area contributed by atoms with Crippen LogP contribution in [0.3, 0.4) is 0 Å². The van der Waals surface area contributed by atoms with E-state index in [9.17, 15) is 4.79 Å². The van der Waals surface area contributed by atoms with Crippen LogP contribution in [0, 0.1) is 0 Å². The van der Waals surface area contributed by atoms with Crippen molar-refractivity contribution in [2.24, 2.45) is 4.99 Å². The minimum atomic E-state index is -0.0157. The second kappa shape index (κ2) is 9.96. The number of para-hydroxylation sites is 1. The lowest BCUT2D eigenvalue weighted by atomic mass is 10.2. The highest BCUT2D eigenvalue weighted by Crippen LogP contribution is 2.34. The highest BCUT2D eigenvalue weighted by Gasteiger charge is 2.33. The molecule has 2 aromatic carbocycles. The molecule has 5 nitrogen and oxygen atoms in total. The van der Waals surface area contributed by atoms with Crippen molar-refractivity contribution in [3.8, 4) is 0 Å². The number of carbonyl (C=O) groups is 1. The van der Waals surface area contributed by atoms with E-state index in [1.165, 1.54) is 30.3 Å². The molecule has 2 heterocycles. The van der Waals surface area contributed by atoms with Crippen LogP contribution in [-0.4, -0.2) is 48.8 Å². The number of rotatable bonds is 7. The van der Waals surface area contributed by atoms with Gasteiger partial charge in [-0.3, -0.25) is 9.69 Å². The van der Waals surface area contributed by atoms with Gasteiger partial charge in [-0.2, -0.15) is 0 Å². The first-order valence-electron chi connectivity index (χ1n) is 10.5. The molecule has 6 heteroatoms. The number of hydrogen-bond acceptors (Lipinski definition) is 5. The van der Waals surface area contributed by atoms with Crippen LogP contribution in [0.15, 0.2) is 64.5 Å². The zero-order valence-electron chi connectivity index (χ0n) is 17.3. The first-order valence-corrected chi connectivity index (χ1v) is 11.3. The number of carbonyl (C=O) groups excluding carboxylic acids is 1. The molecule has 0 unspecified atom stereocenters. The van der Waals surface area contributed by atoms with Crippen LogP contribution in [0.5, 0.6) is 0 Å². The normalized spacial score (nSPS) is 19.4. The molecule has 0 atom stereocenters. The summed E-state index contributed by atoms with van der Waals surface area (Å²) in [7, 11) is 0. The van der Waals surface area contributed by atoms with Crippen molar-refractivity contribution in [3.05, 3.63) is 65.1 Å². The molecular weight excluding hydrogens is 394 g/mol. The molecular formula is C24H27N3O2S. The van der Waals surface area contributed by atoms with Crippen molar-refractivity contribution in [1.82, 2.24) is 4.90 Å². The average molecular weight is 422 g/mol. The van der Waals surface area contributed by atoms with Gasteiger partial charge in [-0.05, 0) is 67.4 Å². The Morgan fingerprint density at radius 3 is 2.50 bits per heavy atom. The Hall–Kier alpha value is -2.57. The maximum atomic E-state index is 13.1. The third-order valence-corrected chi connectivity index (χ3v) is 6.20. The molecule has 4 rings (SSSR count). The van der Waals surface area contributed by atoms with Gasteiger partial charge in [-0.1, -0.05) is 30.3 Å². The predicted molar refractivity (Wildman–Crippen MR) is 125 cm³/mol. The fourth-order valence-electron chi connectivity index (χ4n) is 3.61. The van der Waals surface area contributed by atoms with Gasteiger partial charge in [0.15, 0.2) is 5.17 Å². The van der Waals surface area contributed by atoms with Crippen LogP contribution in [-0.2, 0) is 9.53 Å². The van der Waals surface area contributed by atoms with Gasteiger partial charge in [0.25, 0.3) is 5.91 Å². The van der Waals surface area contributed by atoms with E-state index < -0.39 is 0 Å². The van der Waals surface area contributed by atoms with Crippen LogP contribution >= 0.6 is 11.8 Å². The Labute approximate surface area is 182 Å². The highest BCUT2D eigenvalue weighted by atomic mass is 32.2. The Bertz CT molecular complexity index is 919. The lowest BCUT2D eigenvalue weighted by Crippen LogP contribution is -2.32. The van der Waals surface area contributed by atoms with Crippen molar-refractivity contribution in [1.29, 1.82) is 0 Å². The molecule has 0 spiro atoms. The van der Waals surface area contributed by atoms with E-state index in [1.54, 1.807) is 4.90 Å². The lowest BCUT2D eigenvalue weighted by molar-refractivity contribution is -0.122. The van der Waals surface area contributed by atoms with E-state index >= 15 is 0 Å². The number of benzene rings is 2. The van der Waals surface area contributed by atoms with Crippen LogP contribution in [0.2, 0.25) is 0 Å². The summed E-state index contributed by atoms with van der Waals surface area (Å²) in [5.41, 5.74) is 3.12. The van der Waals surface area contributed by atoms with Crippen LogP contribution in [0.4, 0.5) is 11.4 Å². The monoisotopic (exact) mass is 421 g/mol. The number of aliphatic imine (C=N–C) groups is 1. The molecule has 2 aliphatic rings. The summed E-state index contributed by atoms with van der Waals surface area (Å²) in [6.07, 6.45) is 4.48. The van der Waals surface area contributed by atoms with E-state index in [0.717, 1.165) is 24.3 Å². The molecule has 156 valence electrons. The summed E-state index contributed by atoms with van der Waals surface area (Å²) < 4.78 is 5.48. The summed E-state index contributed by atoms with van der Waals surface area (Å²) in [6.45, 7) is 5.83. The first-order chi connectivity index (χ1) is 14.7. The highest BCUT2D eigenvalue weighted by molar-refractivity contribution is 8.18.